The largest absolute Gasteiger partial charge is 0.467 e. The van der Waals surface area contributed by atoms with E-state index in [9.17, 15) is 18.0 Å². The molecule has 1 aliphatic carbocycles. The number of carbonyl (C=O) groups is 1. The van der Waals surface area contributed by atoms with Crippen molar-refractivity contribution < 1.29 is 22.4 Å². The molecule has 1 aromatic heterocycles. The average molecular weight is 462 g/mol. The molecule has 8 heteroatoms. The Labute approximate surface area is 191 Å². The summed E-state index contributed by atoms with van der Waals surface area (Å²) in [5.41, 5.74) is 0.784. The molecule has 1 saturated heterocycles. The third kappa shape index (κ3) is 4.63. The van der Waals surface area contributed by atoms with Gasteiger partial charge in [0.15, 0.2) is 0 Å². The summed E-state index contributed by atoms with van der Waals surface area (Å²) in [4.78, 5) is 18.0. The van der Waals surface area contributed by atoms with Gasteiger partial charge in [-0.25, -0.2) is 0 Å². The van der Waals surface area contributed by atoms with Crippen molar-refractivity contribution in [3.63, 3.8) is 0 Å². The normalized spacial score (nSPS) is 24.3. The summed E-state index contributed by atoms with van der Waals surface area (Å²) < 4.78 is 45.4. The molecule has 33 heavy (non-hydrogen) atoms. The topological polar surface area (TPSA) is 48.7 Å². The summed E-state index contributed by atoms with van der Waals surface area (Å²) in [6, 6.07) is 8.04. The zero-order valence-electron chi connectivity index (χ0n) is 18.6. The van der Waals surface area contributed by atoms with E-state index in [1.807, 2.05) is 0 Å². The lowest BCUT2D eigenvalue weighted by molar-refractivity contribution is -0.137. The van der Waals surface area contributed by atoms with Crippen LogP contribution in [0, 0.1) is 5.92 Å². The number of alkyl halides is 3. The van der Waals surface area contributed by atoms with Crippen molar-refractivity contribution in [1.82, 2.24) is 10.2 Å². The van der Waals surface area contributed by atoms with Crippen LogP contribution in [-0.2, 0) is 23.9 Å². The molecular weight excluding hydrogens is 431 g/mol. The number of hydrogen-bond acceptors (Lipinski definition) is 4. The number of halogens is 3. The minimum absolute atomic E-state index is 0.0542. The lowest BCUT2D eigenvalue weighted by atomic mass is 9.82. The van der Waals surface area contributed by atoms with Crippen molar-refractivity contribution in [3.05, 3.63) is 53.5 Å². The highest BCUT2D eigenvalue weighted by atomic mass is 19.4. The predicted octanol–water partition coefficient (Wildman–Crippen LogP) is 4.61. The van der Waals surface area contributed by atoms with Crippen molar-refractivity contribution >= 4 is 11.6 Å². The van der Waals surface area contributed by atoms with Crippen LogP contribution in [0.15, 0.2) is 41.0 Å². The maximum atomic E-state index is 13.4. The number of piperazine rings is 1. The number of nitrogens with zero attached hydrogens (tertiary/aromatic N) is 2. The first-order chi connectivity index (χ1) is 15.9. The molecule has 0 unspecified atom stereocenters. The van der Waals surface area contributed by atoms with E-state index in [0.717, 1.165) is 25.3 Å². The van der Waals surface area contributed by atoms with Gasteiger partial charge in [0.25, 0.3) is 0 Å². The smallest absolute Gasteiger partial charge is 0.416 e. The number of fused-ring (bicyclic) bond motifs is 3. The molecule has 5 rings (SSSR count). The van der Waals surface area contributed by atoms with Crippen LogP contribution in [-0.4, -0.2) is 42.5 Å². The van der Waals surface area contributed by atoms with E-state index in [1.165, 1.54) is 44.2 Å². The minimum Gasteiger partial charge on any atom is -0.467 e. The molecule has 1 amide bonds. The Morgan fingerprint density at radius 2 is 1.94 bits per heavy atom. The van der Waals surface area contributed by atoms with E-state index < -0.39 is 17.7 Å². The van der Waals surface area contributed by atoms with Gasteiger partial charge in [-0.1, -0.05) is 19.3 Å². The molecule has 3 heterocycles. The van der Waals surface area contributed by atoms with Gasteiger partial charge in [-0.05, 0) is 55.2 Å². The summed E-state index contributed by atoms with van der Waals surface area (Å²) in [6.07, 6.45) is 3.61. The number of hydrogen-bond donors (Lipinski definition) is 1. The monoisotopic (exact) mass is 461 g/mol. The molecule has 2 atom stereocenters. The summed E-state index contributed by atoms with van der Waals surface area (Å²) in [5, 5.41) is 2.96. The van der Waals surface area contributed by atoms with E-state index >= 15 is 0 Å². The first kappa shape index (κ1) is 22.3. The Morgan fingerprint density at radius 1 is 1.12 bits per heavy atom. The Balaban J connectivity index is 1.41. The number of anilines is 1. The highest BCUT2D eigenvalue weighted by Gasteiger charge is 2.43. The first-order valence-corrected chi connectivity index (χ1v) is 11.9. The summed E-state index contributed by atoms with van der Waals surface area (Å²) in [6.45, 7) is 2.64. The van der Waals surface area contributed by atoms with Gasteiger partial charge in [0, 0.05) is 31.4 Å². The highest BCUT2D eigenvalue weighted by molar-refractivity contribution is 5.82. The van der Waals surface area contributed by atoms with Crippen LogP contribution < -0.4 is 10.2 Å². The second kappa shape index (κ2) is 9.05. The van der Waals surface area contributed by atoms with Gasteiger partial charge in [0.2, 0.25) is 5.91 Å². The second-order valence-electron chi connectivity index (χ2n) is 9.50. The zero-order valence-corrected chi connectivity index (χ0v) is 18.6. The van der Waals surface area contributed by atoms with Crippen LogP contribution in [0.2, 0.25) is 0 Å². The van der Waals surface area contributed by atoms with Crippen molar-refractivity contribution in [2.24, 2.45) is 5.92 Å². The molecule has 2 fully saturated rings. The predicted molar refractivity (Wildman–Crippen MR) is 119 cm³/mol. The summed E-state index contributed by atoms with van der Waals surface area (Å²) in [7, 11) is 0. The number of carbonyl (C=O) groups excluding carboxylic acids is 1. The SMILES string of the molecule is O=C(NCc1ccco1)[C@@H]1Cc2cc(C(F)(F)F)ccc2N2CCN(C3CCCCC3)C[C@H]12. The molecule has 2 aliphatic heterocycles. The van der Waals surface area contributed by atoms with Crippen LogP contribution in [0.3, 0.4) is 0 Å². The number of amides is 1. The van der Waals surface area contributed by atoms with Gasteiger partial charge in [-0.2, -0.15) is 13.2 Å². The molecule has 0 radical (unpaired) electrons. The molecule has 5 nitrogen and oxygen atoms in total. The van der Waals surface area contributed by atoms with Gasteiger partial charge in [0.05, 0.1) is 30.3 Å². The average Bonchev–Trinajstić information content (AvgIpc) is 3.35. The van der Waals surface area contributed by atoms with Crippen LogP contribution in [0.5, 0.6) is 0 Å². The second-order valence-corrected chi connectivity index (χ2v) is 9.50. The molecule has 1 saturated carbocycles. The van der Waals surface area contributed by atoms with Gasteiger partial charge >= 0.3 is 6.18 Å². The third-order valence-corrected chi connectivity index (χ3v) is 7.52. The molecular formula is C25H30F3N3O2. The van der Waals surface area contributed by atoms with E-state index in [-0.39, 0.29) is 18.5 Å². The van der Waals surface area contributed by atoms with Gasteiger partial charge in [-0.15, -0.1) is 0 Å². The maximum Gasteiger partial charge on any atom is 0.416 e. The highest BCUT2D eigenvalue weighted by Crippen LogP contribution is 2.40. The quantitative estimate of drug-likeness (QED) is 0.723. The van der Waals surface area contributed by atoms with E-state index in [4.69, 9.17) is 4.42 Å². The third-order valence-electron chi connectivity index (χ3n) is 7.52. The summed E-state index contributed by atoms with van der Waals surface area (Å²) >= 11 is 0. The Morgan fingerprint density at radius 3 is 2.67 bits per heavy atom. The van der Waals surface area contributed by atoms with Crippen molar-refractivity contribution in [2.45, 2.75) is 63.3 Å². The van der Waals surface area contributed by atoms with Crippen LogP contribution in [0.1, 0.15) is 49.0 Å². The number of nitrogens with one attached hydrogen (secondary N) is 1. The molecule has 0 bridgehead atoms. The van der Waals surface area contributed by atoms with Crippen molar-refractivity contribution in [1.29, 1.82) is 0 Å². The standard InChI is InChI=1S/C25H30F3N3O2/c26-25(27,28)18-8-9-22-17(13-18)14-21(24(32)29-15-20-7-4-12-33-20)23-16-30(10-11-31(22)23)19-5-2-1-3-6-19/h4,7-9,12-13,19,21,23H,1-3,5-6,10-11,14-16H2,(H,29,32)/t21-,23-/m1/s1. The maximum absolute atomic E-state index is 13.4. The number of furan rings is 1. The van der Waals surface area contributed by atoms with Gasteiger partial charge < -0.3 is 14.6 Å². The Hall–Kier alpha value is -2.48. The molecule has 1 N–H and O–H groups in total. The fourth-order valence-corrected chi connectivity index (χ4v) is 5.82. The van der Waals surface area contributed by atoms with Crippen molar-refractivity contribution in [3.8, 4) is 0 Å². The van der Waals surface area contributed by atoms with Crippen LogP contribution in [0.4, 0.5) is 18.9 Å². The van der Waals surface area contributed by atoms with Gasteiger partial charge in [-0.3, -0.25) is 9.69 Å². The van der Waals surface area contributed by atoms with Gasteiger partial charge in [0.1, 0.15) is 5.76 Å². The van der Waals surface area contributed by atoms with E-state index in [2.05, 4.69) is 15.1 Å². The number of rotatable bonds is 4. The van der Waals surface area contributed by atoms with Crippen LogP contribution in [0.25, 0.3) is 0 Å². The van der Waals surface area contributed by atoms with E-state index in [1.54, 1.807) is 24.5 Å². The molecule has 178 valence electrons. The lowest BCUT2D eigenvalue weighted by Crippen LogP contribution is -2.62. The zero-order chi connectivity index (χ0) is 23.0. The van der Waals surface area contributed by atoms with E-state index in [0.29, 0.717) is 23.8 Å². The van der Waals surface area contributed by atoms with Crippen LogP contribution >= 0.6 is 0 Å². The lowest BCUT2D eigenvalue weighted by Gasteiger charge is -2.51. The fourth-order valence-electron chi connectivity index (χ4n) is 5.82. The molecule has 2 aromatic rings. The molecule has 0 spiro atoms. The molecule has 1 aromatic carbocycles. The number of benzene rings is 1. The Kier molecular flexibility index (Phi) is 6.12. The summed E-state index contributed by atoms with van der Waals surface area (Å²) in [5.74, 6) is 0.112. The fraction of sp³-hybridized carbons (Fsp3) is 0.560. The molecule has 3 aliphatic rings. The first-order valence-electron chi connectivity index (χ1n) is 11.9. The van der Waals surface area contributed by atoms with Crippen molar-refractivity contribution in [2.75, 3.05) is 24.5 Å². The Bertz CT molecular complexity index is 970. The minimum atomic E-state index is -4.40.